The Morgan fingerprint density at radius 1 is 1.15 bits per heavy atom. The summed E-state index contributed by atoms with van der Waals surface area (Å²) in [7, 11) is 1.76. The Bertz CT molecular complexity index is 1000. The van der Waals surface area contributed by atoms with Crippen LogP contribution in [0.4, 0.5) is 5.69 Å². The molecule has 134 valence electrons. The number of carbonyl (C=O) groups is 1. The molecule has 1 aliphatic heterocycles. The molecule has 1 amide bonds. The van der Waals surface area contributed by atoms with E-state index in [1.165, 1.54) is 11.3 Å². The van der Waals surface area contributed by atoms with E-state index in [-0.39, 0.29) is 10.8 Å². The van der Waals surface area contributed by atoms with Gasteiger partial charge in [-0.3, -0.25) is 9.59 Å². The molecular weight excluding hydrogens is 348 g/mol. The number of aryl methyl sites for hydroxylation is 1. The summed E-state index contributed by atoms with van der Waals surface area (Å²) in [5, 5.41) is 3.07. The van der Waals surface area contributed by atoms with Gasteiger partial charge in [-0.15, -0.1) is 0 Å². The second kappa shape index (κ2) is 6.70. The lowest BCUT2D eigenvalue weighted by Crippen LogP contribution is -2.44. The number of carbonyl (C=O) groups excluding carboxylic acids is 1. The van der Waals surface area contributed by atoms with E-state index >= 15 is 0 Å². The Kier molecular flexibility index (Phi) is 4.38. The standard InChI is InChI=1S/C20H20N2O3S/c1-22-16-8-7-15(13-17(16)26-19(22)24)21-18(23)20(9-11-25-12-10-20)14-5-3-2-4-6-14/h2-8,13H,9-12H2,1H3,(H,21,23). The number of thiazole rings is 1. The number of nitrogens with zero attached hydrogens (tertiary/aromatic N) is 1. The smallest absolute Gasteiger partial charge is 0.307 e. The molecule has 1 saturated heterocycles. The Balaban J connectivity index is 1.68. The average molecular weight is 368 g/mol. The van der Waals surface area contributed by atoms with Crippen LogP contribution in [0.5, 0.6) is 0 Å². The number of benzene rings is 2. The molecule has 0 radical (unpaired) electrons. The number of anilines is 1. The molecule has 3 aromatic rings. The molecule has 1 aromatic heterocycles. The van der Waals surface area contributed by atoms with Crippen molar-refractivity contribution in [3.8, 4) is 0 Å². The first-order valence-corrected chi connectivity index (χ1v) is 9.46. The number of ether oxygens (including phenoxy) is 1. The van der Waals surface area contributed by atoms with Crippen LogP contribution in [0.15, 0.2) is 53.3 Å². The maximum absolute atomic E-state index is 13.3. The molecule has 0 saturated carbocycles. The predicted molar refractivity (Wildman–Crippen MR) is 104 cm³/mol. The van der Waals surface area contributed by atoms with Crippen molar-refractivity contribution in [1.82, 2.24) is 4.57 Å². The fourth-order valence-electron chi connectivity index (χ4n) is 3.59. The van der Waals surface area contributed by atoms with Crippen molar-refractivity contribution in [2.75, 3.05) is 18.5 Å². The van der Waals surface area contributed by atoms with Gasteiger partial charge in [0.15, 0.2) is 0 Å². The first kappa shape index (κ1) is 17.0. The molecule has 5 nitrogen and oxygen atoms in total. The van der Waals surface area contributed by atoms with Crippen LogP contribution >= 0.6 is 11.3 Å². The molecule has 0 unspecified atom stereocenters. The van der Waals surface area contributed by atoms with E-state index in [1.807, 2.05) is 48.5 Å². The van der Waals surface area contributed by atoms with Gasteiger partial charge >= 0.3 is 4.87 Å². The summed E-state index contributed by atoms with van der Waals surface area (Å²) in [5.74, 6) is -0.0189. The molecule has 6 heteroatoms. The molecule has 0 spiro atoms. The Morgan fingerprint density at radius 3 is 2.62 bits per heavy atom. The molecule has 2 heterocycles. The Labute approximate surface area is 155 Å². The van der Waals surface area contributed by atoms with E-state index < -0.39 is 5.41 Å². The monoisotopic (exact) mass is 368 g/mol. The molecule has 0 bridgehead atoms. The van der Waals surface area contributed by atoms with Gasteiger partial charge in [0.1, 0.15) is 0 Å². The number of hydrogen-bond donors (Lipinski definition) is 1. The van der Waals surface area contributed by atoms with Crippen LogP contribution in [-0.2, 0) is 22.0 Å². The van der Waals surface area contributed by atoms with Crippen molar-refractivity contribution < 1.29 is 9.53 Å². The van der Waals surface area contributed by atoms with Gasteiger partial charge in [0.2, 0.25) is 5.91 Å². The number of hydrogen-bond acceptors (Lipinski definition) is 4. The average Bonchev–Trinajstić information content (AvgIpc) is 2.96. The summed E-state index contributed by atoms with van der Waals surface area (Å²) in [5.41, 5.74) is 2.03. The van der Waals surface area contributed by atoms with Crippen molar-refractivity contribution in [1.29, 1.82) is 0 Å². The van der Waals surface area contributed by atoms with Crippen molar-refractivity contribution in [3.05, 3.63) is 63.8 Å². The summed E-state index contributed by atoms with van der Waals surface area (Å²) in [6.45, 7) is 1.14. The number of amides is 1. The maximum Gasteiger partial charge on any atom is 0.307 e. The zero-order valence-electron chi connectivity index (χ0n) is 14.5. The van der Waals surface area contributed by atoms with E-state index in [0.29, 0.717) is 31.7 Å². The van der Waals surface area contributed by atoms with Gasteiger partial charge in [-0.25, -0.2) is 0 Å². The lowest BCUT2D eigenvalue weighted by atomic mass is 9.73. The first-order valence-electron chi connectivity index (χ1n) is 8.64. The quantitative estimate of drug-likeness (QED) is 0.772. The highest BCUT2D eigenvalue weighted by molar-refractivity contribution is 7.16. The minimum absolute atomic E-state index is 0.00587. The van der Waals surface area contributed by atoms with Crippen molar-refractivity contribution in [2.24, 2.45) is 7.05 Å². The summed E-state index contributed by atoms with van der Waals surface area (Å²) < 4.78 is 8.00. The van der Waals surface area contributed by atoms with Gasteiger partial charge in [-0.05, 0) is 36.6 Å². The highest BCUT2D eigenvalue weighted by Crippen LogP contribution is 2.36. The molecule has 4 rings (SSSR count). The lowest BCUT2D eigenvalue weighted by Gasteiger charge is -2.36. The second-order valence-corrected chi connectivity index (χ2v) is 7.62. The van der Waals surface area contributed by atoms with E-state index in [0.717, 1.165) is 15.8 Å². The molecule has 1 fully saturated rings. The van der Waals surface area contributed by atoms with Crippen LogP contribution < -0.4 is 10.2 Å². The van der Waals surface area contributed by atoms with Gasteiger partial charge in [-0.1, -0.05) is 41.7 Å². The Hall–Kier alpha value is -2.44. The van der Waals surface area contributed by atoms with Crippen molar-refractivity contribution >= 4 is 33.1 Å². The third-order valence-electron chi connectivity index (χ3n) is 5.16. The second-order valence-electron chi connectivity index (χ2n) is 6.62. The molecule has 1 N–H and O–H groups in total. The van der Waals surface area contributed by atoms with Gasteiger partial charge in [0.05, 0.1) is 15.6 Å². The third kappa shape index (κ3) is 2.85. The molecule has 1 aliphatic rings. The summed E-state index contributed by atoms with van der Waals surface area (Å²) in [6.07, 6.45) is 1.31. The summed E-state index contributed by atoms with van der Waals surface area (Å²) >= 11 is 1.19. The van der Waals surface area contributed by atoms with E-state index in [2.05, 4.69) is 5.32 Å². The first-order chi connectivity index (χ1) is 12.6. The number of aromatic nitrogens is 1. The highest BCUT2D eigenvalue weighted by atomic mass is 32.1. The summed E-state index contributed by atoms with van der Waals surface area (Å²) in [6, 6.07) is 15.5. The molecule has 0 atom stereocenters. The van der Waals surface area contributed by atoms with Gasteiger partial charge in [0, 0.05) is 25.9 Å². The minimum Gasteiger partial charge on any atom is -0.381 e. The molecular formula is C20H20N2O3S. The molecule has 0 aliphatic carbocycles. The normalized spacial score (nSPS) is 16.5. The van der Waals surface area contributed by atoms with Crippen LogP contribution in [0.1, 0.15) is 18.4 Å². The highest BCUT2D eigenvalue weighted by Gasteiger charge is 2.41. The number of fused-ring (bicyclic) bond motifs is 1. The fourth-order valence-corrected chi connectivity index (χ4v) is 4.51. The van der Waals surface area contributed by atoms with Crippen LogP contribution in [-0.4, -0.2) is 23.7 Å². The Morgan fingerprint density at radius 2 is 1.88 bits per heavy atom. The fraction of sp³-hybridized carbons (Fsp3) is 0.300. The van der Waals surface area contributed by atoms with Crippen LogP contribution in [0.3, 0.4) is 0 Å². The van der Waals surface area contributed by atoms with Crippen LogP contribution in [0.2, 0.25) is 0 Å². The number of nitrogens with one attached hydrogen (secondary N) is 1. The van der Waals surface area contributed by atoms with Gasteiger partial charge in [0.25, 0.3) is 0 Å². The van der Waals surface area contributed by atoms with Crippen molar-refractivity contribution in [2.45, 2.75) is 18.3 Å². The number of rotatable bonds is 3. The van der Waals surface area contributed by atoms with Gasteiger partial charge in [-0.2, -0.15) is 0 Å². The van der Waals surface area contributed by atoms with Crippen LogP contribution in [0, 0.1) is 0 Å². The predicted octanol–water partition coefficient (Wildman–Crippen LogP) is 3.29. The van der Waals surface area contributed by atoms with Crippen LogP contribution in [0.25, 0.3) is 10.2 Å². The zero-order valence-corrected chi connectivity index (χ0v) is 15.3. The maximum atomic E-state index is 13.3. The van der Waals surface area contributed by atoms with Gasteiger partial charge < -0.3 is 14.6 Å². The third-order valence-corrected chi connectivity index (χ3v) is 6.15. The topological polar surface area (TPSA) is 60.3 Å². The summed E-state index contributed by atoms with van der Waals surface area (Å²) in [4.78, 5) is 25.1. The van der Waals surface area contributed by atoms with E-state index in [1.54, 1.807) is 11.6 Å². The lowest BCUT2D eigenvalue weighted by molar-refractivity contribution is -0.125. The van der Waals surface area contributed by atoms with E-state index in [9.17, 15) is 9.59 Å². The SMILES string of the molecule is Cn1c(=O)sc2cc(NC(=O)C3(c4ccccc4)CCOCC3)ccc21. The zero-order chi connectivity index (χ0) is 18.1. The van der Waals surface area contributed by atoms with E-state index in [4.69, 9.17) is 4.74 Å². The molecule has 2 aromatic carbocycles. The minimum atomic E-state index is -0.585. The van der Waals surface area contributed by atoms with Crippen molar-refractivity contribution in [3.63, 3.8) is 0 Å². The molecule has 26 heavy (non-hydrogen) atoms. The largest absolute Gasteiger partial charge is 0.381 e.